The zero-order chi connectivity index (χ0) is 8.85. The first-order valence-corrected chi connectivity index (χ1v) is 4.68. The second-order valence-corrected chi connectivity index (χ2v) is 4.25. The topological polar surface area (TPSA) is 0 Å². The van der Waals surface area contributed by atoms with Gasteiger partial charge in [0.05, 0.1) is 0 Å². The van der Waals surface area contributed by atoms with Gasteiger partial charge in [-0.15, -0.1) is 6.58 Å². The number of allylic oxidation sites excluding steroid dienone is 1. The van der Waals surface area contributed by atoms with Crippen LogP contribution in [0.5, 0.6) is 0 Å². The van der Waals surface area contributed by atoms with E-state index in [4.69, 9.17) is 0 Å². The Bertz CT molecular complexity index is 90.6. The lowest BCUT2D eigenvalue weighted by Gasteiger charge is -2.16. The highest BCUT2D eigenvalue weighted by Gasteiger charge is 2.08. The molecule has 0 atom stereocenters. The molecule has 0 aliphatic rings. The normalized spacial score (nSPS) is 11.5. The van der Waals surface area contributed by atoms with Crippen LogP contribution < -0.4 is 0 Å². The zero-order valence-corrected chi connectivity index (χ0v) is 8.43. The molecule has 0 rings (SSSR count). The number of hydrogen-bond acceptors (Lipinski definition) is 0. The predicted octanol–water partition coefficient (Wildman–Crippen LogP) is 3.88. The van der Waals surface area contributed by atoms with Crippen LogP contribution in [0.3, 0.4) is 0 Å². The van der Waals surface area contributed by atoms with Crippen molar-refractivity contribution in [1.82, 2.24) is 0 Å². The Morgan fingerprint density at radius 1 is 1.00 bits per heavy atom. The van der Waals surface area contributed by atoms with Crippen molar-refractivity contribution in [2.24, 2.45) is 17.8 Å². The van der Waals surface area contributed by atoms with E-state index in [0.29, 0.717) is 0 Å². The summed E-state index contributed by atoms with van der Waals surface area (Å²) in [4.78, 5) is 0. The molecule has 0 N–H and O–H groups in total. The van der Waals surface area contributed by atoms with E-state index in [9.17, 15) is 0 Å². The van der Waals surface area contributed by atoms with Gasteiger partial charge in [-0.2, -0.15) is 0 Å². The highest BCUT2D eigenvalue weighted by molar-refractivity contribution is 4.80. The van der Waals surface area contributed by atoms with Gasteiger partial charge in [0, 0.05) is 0 Å². The summed E-state index contributed by atoms with van der Waals surface area (Å²) >= 11 is 0. The van der Waals surface area contributed by atoms with Gasteiger partial charge in [-0.05, 0) is 30.6 Å². The second-order valence-electron chi connectivity index (χ2n) is 4.25. The van der Waals surface area contributed by atoms with Crippen molar-refractivity contribution in [3.05, 3.63) is 12.7 Å². The van der Waals surface area contributed by atoms with Gasteiger partial charge in [0.25, 0.3) is 0 Å². The molecule has 0 saturated carbocycles. The summed E-state index contributed by atoms with van der Waals surface area (Å²) in [7, 11) is 0. The lowest BCUT2D eigenvalue weighted by Crippen LogP contribution is -2.04. The van der Waals surface area contributed by atoms with Gasteiger partial charge in [-0.1, -0.05) is 33.8 Å². The fourth-order valence-electron chi connectivity index (χ4n) is 1.50. The van der Waals surface area contributed by atoms with Crippen LogP contribution in [0.15, 0.2) is 12.7 Å². The number of rotatable bonds is 5. The molecule has 11 heavy (non-hydrogen) atoms. The lowest BCUT2D eigenvalue weighted by atomic mass is 9.90. The van der Waals surface area contributed by atoms with Crippen LogP contribution in [0.25, 0.3) is 0 Å². The summed E-state index contributed by atoms with van der Waals surface area (Å²) in [5.74, 6) is 2.34. The maximum Gasteiger partial charge on any atom is -0.0231 e. The first-order valence-electron chi connectivity index (χ1n) is 4.68. The minimum Gasteiger partial charge on any atom is -0.103 e. The van der Waals surface area contributed by atoms with Gasteiger partial charge in [0.2, 0.25) is 0 Å². The molecule has 0 saturated heterocycles. The van der Waals surface area contributed by atoms with E-state index in [1.165, 1.54) is 12.8 Å². The molecule has 0 aromatic rings. The fraction of sp³-hybridized carbons (Fsp3) is 0.818. The summed E-state index contributed by atoms with van der Waals surface area (Å²) in [6.07, 6.45) is 4.70. The first kappa shape index (κ1) is 10.7. The molecule has 0 nitrogen and oxygen atoms in total. The lowest BCUT2D eigenvalue weighted by molar-refractivity contribution is 0.401. The van der Waals surface area contributed by atoms with Crippen molar-refractivity contribution in [2.45, 2.75) is 40.5 Å². The monoisotopic (exact) mass is 154 g/mol. The van der Waals surface area contributed by atoms with E-state index < -0.39 is 0 Å². The van der Waals surface area contributed by atoms with E-state index in [-0.39, 0.29) is 0 Å². The molecule has 0 aromatic carbocycles. The summed E-state index contributed by atoms with van der Waals surface area (Å²) < 4.78 is 0. The van der Waals surface area contributed by atoms with Gasteiger partial charge in [0.1, 0.15) is 0 Å². The van der Waals surface area contributed by atoms with Gasteiger partial charge < -0.3 is 0 Å². The predicted molar refractivity (Wildman–Crippen MR) is 52.6 cm³/mol. The highest BCUT2D eigenvalue weighted by Crippen LogP contribution is 2.20. The Labute approximate surface area is 71.7 Å². The largest absolute Gasteiger partial charge is 0.103 e. The van der Waals surface area contributed by atoms with Crippen LogP contribution in [-0.2, 0) is 0 Å². The summed E-state index contributed by atoms with van der Waals surface area (Å²) in [5.41, 5.74) is 0. The van der Waals surface area contributed by atoms with Gasteiger partial charge in [0.15, 0.2) is 0 Å². The molecule has 0 radical (unpaired) electrons. The quantitative estimate of drug-likeness (QED) is 0.527. The van der Waals surface area contributed by atoms with Crippen LogP contribution in [0.1, 0.15) is 40.5 Å². The third-order valence-electron chi connectivity index (χ3n) is 1.88. The van der Waals surface area contributed by atoms with Crippen molar-refractivity contribution in [1.29, 1.82) is 0 Å². The van der Waals surface area contributed by atoms with Crippen LogP contribution in [0, 0.1) is 17.8 Å². The summed E-state index contributed by atoms with van der Waals surface area (Å²) in [6.45, 7) is 13.0. The van der Waals surface area contributed by atoms with E-state index in [1.807, 2.05) is 0 Å². The van der Waals surface area contributed by atoms with Crippen molar-refractivity contribution in [3.8, 4) is 0 Å². The Morgan fingerprint density at radius 3 is 1.55 bits per heavy atom. The van der Waals surface area contributed by atoms with Crippen LogP contribution in [-0.4, -0.2) is 0 Å². The molecule has 0 bridgehead atoms. The first-order chi connectivity index (χ1) is 5.06. The molecule has 0 heterocycles. The summed E-state index contributed by atoms with van der Waals surface area (Å²) in [6, 6.07) is 0. The van der Waals surface area contributed by atoms with Gasteiger partial charge in [-0.25, -0.2) is 0 Å². The minimum atomic E-state index is 0.731. The maximum absolute atomic E-state index is 3.87. The van der Waals surface area contributed by atoms with Crippen LogP contribution in [0.2, 0.25) is 0 Å². The molecule has 0 amide bonds. The van der Waals surface area contributed by atoms with Crippen molar-refractivity contribution >= 4 is 0 Å². The second kappa shape index (κ2) is 5.40. The van der Waals surface area contributed by atoms with Crippen molar-refractivity contribution in [2.75, 3.05) is 0 Å². The fourth-order valence-corrected chi connectivity index (χ4v) is 1.50. The molecule has 0 fully saturated rings. The Balaban J connectivity index is 3.67. The zero-order valence-electron chi connectivity index (χ0n) is 8.43. The average molecular weight is 154 g/mol. The molecule has 0 unspecified atom stereocenters. The molecule has 0 aliphatic carbocycles. The smallest absolute Gasteiger partial charge is 0.0231 e. The van der Waals surface area contributed by atoms with Crippen LogP contribution in [0.4, 0.5) is 0 Å². The summed E-state index contributed by atoms with van der Waals surface area (Å²) in [5, 5.41) is 0. The van der Waals surface area contributed by atoms with Crippen LogP contribution >= 0.6 is 0 Å². The maximum atomic E-state index is 3.87. The van der Waals surface area contributed by atoms with Gasteiger partial charge >= 0.3 is 0 Å². The van der Waals surface area contributed by atoms with E-state index >= 15 is 0 Å². The van der Waals surface area contributed by atoms with E-state index in [2.05, 4.69) is 40.3 Å². The highest BCUT2D eigenvalue weighted by atomic mass is 14.1. The third kappa shape index (κ3) is 6.15. The van der Waals surface area contributed by atoms with Gasteiger partial charge in [-0.3, -0.25) is 0 Å². The molecule has 66 valence electrons. The molecule has 0 spiro atoms. The molecule has 0 heteroatoms. The molecular formula is C11H22. The van der Waals surface area contributed by atoms with Crippen molar-refractivity contribution < 1.29 is 0 Å². The molecule has 0 aliphatic heterocycles. The average Bonchev–Trinajstić information content (AvgIpc) is 1.84. The minimum absolute atomic E-state index is 0.731. The molecule has 0 aromatic heterocycles. The Hall–Kier alpha value is -0.260. The standard InChI is InChI=1S/C11H22/c1-6-11(7-9(2)3)8-10(4)5/h6,9-11H,1,7-8H2,2-5H3. The Kier molecular flexibility index (Phi) is 5.27. The molecular weight excluding hydrogens is 132 g/mol. The van der Waals surface area contributed by atoms with E-state index in [0.717, 1.165) is 17.8 Å². The SMILES string of the molecule is C=CC(CC(C)C)CC(C)C. The third-order valence-corrected chi connectivity index (χ3v) is 1.88. The Morgan fingerprint density at radius 2 is 1.36 bits per heavy atom. The van der Waals surface area contributed by atoms with Crippen molar-refractivity contribution in [3.63, 3.8) is 0 Å². The van der Waals surface area contributed by atoms with E-state index in [1.54, 1.807) is 0 Å². The number of hydrogen-bond donors (Lipinski definition) is 0.